The molecule has 2 N–H and O–H groups in total. The zero-order valence-electron chi connectivity index (χ0n) is 12.7. The van der Waals surface area contributed by atoms with Gasteiger partial charge in [0.2, 0.25) is 5.89 Å². The Balaban J connectivity index is 1.67. The third kappa shape index (κ3) is 4.19. The largest absolute Gasteiger partial charge is 0.409 e. The SMILES string of the molecule is C[NH+](CC(=O)NC1CC1)Cn1nc(-c2ccccc2Cl)oc1=S. The smallest absolute Gasteiger partial charge is 0.292 e. The molecule has 8 heteroatoms. The van der Waals surface area contributed by atoms with Crippen LogP contribution in [0.2, 0.25) is 5.02 Å². The zero-order chi connectivity index (χ0) is 16.4. The summed E-state index contributed by atoms with van der Waals surface area (Å²) in [6.45, 7) is 0.817. The number of benzene rings is 1. The van der Waals surface area contributed by atoms with Gasteiger partial charge in [0.1, 0.15) is 0 Å². The monoisotopic (exact) mass is 353 g/mol. The summed E-state index contributed by atoms with van der Waals surface area (Å²) in [6.07, 6.45) is 2.17. The molecule has 1 aromatic carbocycles. The number of nitrogens with zero attached hydrogens (tertiary/aromatic N) is 2. The summed E-state index contributed by atoms with van der Waals surface area (Å²) in [7, 11) is 1.91. The molecule has 0 saturated heterocycles. The number of hydrogen-bond acceptors (Lipinski definition) is 4. The maximum atomic E-state index is 11.8. The predicted molar refractivity (Wildman–Crippen MR) is 88.7 cm³/mol. The summed E-state index contributed by atoms with van der Waals surface area (Å²) in [5, 5.41) is 7.89. The summed E-state index contributed by atoms with van der Waals surface area (Å²) < 4.78 is 7.11. The van der Waals surface area contributed by atoms with Crippen LogP contribution in [0.25, 0.3) is 11.5 Å². The molecule has 1 saturated carbocycles. The van der Waals surface area contributed by atoms with Crippen LogP contribution in [0.3, 0.4) is 0 Å². The molecular weight excluding hydrogens is 336 g/mol. The quantitative estimate of drug-likeness (QED) is 0.768. The topological polar surface area (TPSA) is 64.5 Å². The van der Waals surface area contributed by atoms with E-state index in [2.05, 4.69) is 10.4 Å². The molecule has 122 valence electrons. The Bertz CT molecular complexity index is 769. The lowest BCUT2D eigenvalue weighted by Crippen LogP contribution is -3.09. The van der Waals surface area contributed by atoms with E-state index >= 15 is 0 Å². The highest BCUT2D eigenvalue weighted by Gasteiger charge is 2.24. The first-order valence-electron chi connectivity index (χ1n) is 7.46. The molecule has 0 aliphatic heterocycles. The molecule has 1 heterocycles. The summed E-state index contributed by atoms with van der Waals surface area (Å²) >= 11 is 11.4. The van der Waals surface area contributed by atoms with Crippen LogP contribution < -0.4 is 10.2 Å². The second-order valence-electron chi connectivity index (χ2n) is 5.79. The minimum absolute atomic E-state index is 0.0475. The lowest BCUT2D eigenvalue weighted by atomic mass is 10.2. The van der Waals surface area contributed by atoms with Gasteiger partial charge in [0.05, 0.1) is 17.6 Å². The fourth-order valence-electron chi connectivity index (χ4n) is 2.24. The molecule has 1 amide bonds. The average Bonchev–Trinajstić information content (AvgIpc) is 3.22. The van der Waals surface area contributed by atoms with Crippen molar-refractivity contribution in [2.45, 2.75) is 25.6 Å². The maximum Gasteiger partial charge on any atom is 0.292 e. The molecule has 1 aromatic heterocycles. The van der Waals surface area contributed by atoms with E-state index in [0.29, 0.717) is 35.7 Å². The molecule has 1 aliphatic carbocycles. The van der Waals surface area contributed by atoms with Crippen molar-refractivity contribution in [3.8, 4) is 11.5 Å². The standard InChI is InChI=1S/C15H17ClN4O2S/c1-19(8-13(21)17-10-6-7-10)9-20-15(23)22-14(18-20)11-4-2-3-5-12(11)16/h2-5,10H,6-9H2,1H3,(H,17,21)/p+1. The number of quaternary nitrogens is 1. The number of likely N-dealkylation sites (N-methyl/N-ethyl adjacent to an activating group) is 1. The normalized spacial score (nSPS) is 15.4. The molecule has 1 atom stereocenters. The van der Waals surface area contributed by atoms with Gasteiger partial charge in [-0.1, -0.05) is 23.7 Å². The Morgan fingerprint density at radius 1 is 1.52 bits per heavy atom. The van der Waals surface area contributed by atoms with Crippen LogP contribution in [0.4, 0.5) is 0 Å². The second-order valence-corrected chi connectivity index (χ2v) is 6.54. The van der Waals surface area contributed by atoms with Crippen molar-refractivity contribution in [2.24, 2.45) is 0 Å². The van der Waals surface area contributed by atoms with Crippen LogP contribution in [-0.2, 0) is 11.5 Å². The van der Waals surface area contributed by atoms with E-state index in [0.717, 1.165) is 17.7 Å². The lowest BCUT2D eigenvalue weighted by molar-refractivity contribution is -0.895. The zero-order valence-corrected chi connectivity index (χ0v) is 14.3. The Morgan fingerprint density at radius 2 is 2.26 bits per heavy atom. The third-order valence-electron chi connectivity index (χ3n) is 3.54. The Labute approximate surface area is 144 Å². The summed E-state index contributed by atoms with van der Waals surface area (Å²) in [4.78, 5) is 13.1. The fraction of sp³-hybridized carbons (Fsp3) is 0.400. The van der Waals surface area contributed by atoms with Crippen LogP contribution in [0.1, 0.15) is 12.8 Å². The van der Waals surface area contributed by atoms with Gasteiger partial charge in [0, 0.05) is 6.04 Å². The number of amides is 1. The van der Waals surface area contributed by atoms with Crippen LogP contribution in [0, 0.1) is 4.84 Å². The first-order chi connectivity index (χ1) is 11.0. The predicted octanol–water partition coefficient (Wildman–Crippen LogP) is 1.28. The van der Waals surface area contributed by atoms with E-state index in [1.165, 1.54) is 0 Å². The highest BCUT2D eigenvalue weighted by Crippen LogP contribution is 2.26. The van der Waals surface area contributed by atoms with E-state index in [1.54, 1.807) is 10.7 Å². The molecule has 2 aromatic rings. The summed E-state index contributed by atoms with van der Waals surface area (Å²) in [5.74, 6) is 0.433. The number of nitrogens with one attached hydrogen (secondary N) is 2. The van der Waals surface area contributed by atoms with E-state index in [9.17, 15) is 4.79 Å². The number of halogens is 1. The van der Waals surface area contributed by atoms with E-state index < -0.39 is 0 Å². The van der Waals surface area contributed by atoms with E-state index in [-0.39, 0.29) is 10.7 Å². The maximum absolute atomic E-state index is 11.8. The van der Waals surface area contributed by atoms with Crippen molar-refractivity contribution < 1.29 is 14.1 Å². The van der Waals surface area contributed by atoms with Crippen molar-refractivity contribution in [3.05, 3.63) is 34.1 Å². The van der Waals surface area contributed by atoms with Gasteiger partial charge in [-0.2, -0.15) is 4.68 Å². The van der Waals surface area contributed by atoms with Crippen LogP contribution in [-0.4, -0.2) is 35.3 Å². The molecule has 23 heavy (non-hydrogen) atoms. The molecule has 1 unspecified atom stereocenters. The summed E-state index contributed by atoms with van der Waals surface area (Å²) in [5.41, 5.74) is 0.697. The first-order valence-corrected chi connectivity index (χ1v) is 8.25. The van der Waals surface area contributed by atoms with Gasteiger partial charge < -0.3 is 14.6 Å². The molecular formula is C15H18ClN4O2S+. The Morgan fingerprint density at radius 3 is 2.96 bits per heavy atom. The minimum atomic E-state index is 0.0475. The fourth-order valence-corrected chi connectivity index (χ4v) is 2.64. The Kier molecular flexibility index (Phi) is 4.79. The second kappa shape index (κ2) is 6.82. The van der Waals surface area contributed by atoms with E-state index in [1.807, 2.05) is 25.2 Å². The van der Waals surface area contributed by atoms with Gasteiger partial charge in [0.15, 0.2) is 13.2 Å². The molecule has 1 fully saturated rings. The number of hydrogen-bond donors (Lipinski definition) is 2. The molecule has 0 spiro atoms. The number of carbonyl (C=O) groups is 1. The van der Waals surface area contributed by atoms with Gasteiger partial charge in [-0.05, 0) is 37.2 Å². The van der Waals surface area contributed by atoms with Crippen molar-refractivity contribution >= 4 is 29.7 Å². The summed E-state index contributed by atoms with van der Waals surface area (Å²) in [6, 6.07) is 7.67. The van der Waals surface area contributed by atoms with Crippen molar-refractivity contribution in [2.75, 3.05) is 13.6 Å². The van der Waals surface area contributed by atoms with Gasteiger partial charge in [-0.25, -0.2) is 0 Å². The van der Waals surface area contributed by atoms with Crippen LogP contribution >= 0.6 is 23.8 Å². The number of aromatic nitrogens is 2. The van der Waals surface area contributed by atoms with Crippen molar-refractivity contribution in [1.29, 1.82) is 0 Å². The average molecular weight is 354 g/mol. The van der Waals surface area contributed by atoms with Crippen LogP contribution in [0.5, 0.6) is 0 Å². The molecule has 3 rings (SSSR count). The molecule has 0 radical (unpaired) electrons. The van der Waals surface area contributed by atoms with Gasteiger partial charge >= 0.3 is 0 Å². The number of rotatable bonds is 6. The lowest BCUT2D eigenvalue weighted by Gasteiger charge is -2.12. The van der Waals surface area contributed by atoms with Crippen molar-refractivity contribution in [3.63, 3.8) is 0 Å². The highest BCUT2D eigenvalue weighted by molar-refractivity contribution is 7.71. The molecule has 6 nitrogen and oxygen atoms in total. The first kappa shape index (κ1) is 16.2. The third-order valence-corrected chi connectivity index (χ3v) is 4.16. The Hall–Kier alpha value is -1.70. The van der Waals surface area contributed by atoms with Gasteiger partial charge in [-0.15, -0.1) is 5.10 Å². The number of carbonyl (C=O) groups excluding carboxylic acids is 1. The van der Waals surface area contributed by atoms with Gasteiger partial charge in [-0.3, -0.25) is 4.79 Å². The minimum Gasteiger partial charge on any atom is -0.409 e. The van der Waals surface area contributed by atoms with E-state index in [4.69, 9.17) is 28.2 Å². The van der Waals surface area contributed by atoms with Crippen molar-refractivity contribution in [1.82, 2.24) is 15.1 Å². The van der Waals surface area contributed by atoms with Crippen LogP contribution in [0.15, 0.2) is 28.7 Å². The molecule has 1 aliphatic rings. The van der Waals surface area contributed by atoms with Gasteiger partial charge in [0.25, 0.3) is 10.7 Å². The molecule has 0 bridgehead atoms. The highest BCUT2D eigenvalue weighted by atomic mass is 35.5.